The number of nitrogens with two attached hydrogens (primary N) is 1. The van der Waals surface area contributed by atoms with Crippen molar-refractivity contribution in [2.45, 2.75) is 58.0 Å². The molecule has 1 aliphatic carbocycles. The first-order valence-corrected chi connectivity index (χ1v) is 7.24. The van der Waals surface area contributed by atoms with E-state index in [1.165, 1.54) is 32.1 Å². The second-order valence-electron chi connectivity index (χ2n) is 5.58. The van der Waals surface area contributed by atoms with Crippen molar-refractivity contribution in [3.63, 3.8) is 0 Å². The summed E-state index contributed by atoms with van der Waals surface area (Å²) < 4.78 is 0. The molecule has 5 heteroatoms. The zero-order valence-electron chi connectivity index (χ0n) is 11.6. The zero-order chi connectivity index (χ0) is 13.7. The monoisotopic (exact) mass is 264 g/mol. The van der Waals surface area contributed by atoms with Crippen molar-refractivity contribution in [2.75, 3.05) is 0 Å². The van der Waals surface area contributed by atoms with Gasteiger partial charge in [-0.05, 0) is 31.7 Å². The molecule has 19 heavy (non-hydrogen) atoms. The molecule has 106 valence electrons. The summed E-state index contributed by atoms with van der Waals surface area (Å²) in [5.74, 6) is 0.753. The molecule has 1 heterocycles. The highest BCUT2D eigenvalue weighted by atomic mass is 16.2. The maximum absolute atomic E-state index is 11.9. The number of aromatic nitrogens is 2. The van der Waals surface area contributed by atoms with Crippen LogP contribution in [0.2, 0.25) is 0 Å². The Hall–Kier alpha value is -1.36. The third-order valence-corrected chi connectivity index (χ3v) is 3.94. The lowest BCUT2D eigenvalue weighted by atomic mass is 9.99. The molecule has 0 bridgehead atoms. The average Bonchev–Trinajstić information content (AvgIpc) is 3.07. The van der Waals surface area contributed by atoms with Gasteiger partial charge in [0.15, 0.2) is 0 Å². The lowest BCUT2D eigenvalue weighted by Crippen LogP contribution is -2.33. The van der Waals surface area contributed by atoms with Crippen molar-refractivity contribution < 1.29 is 4.79 Å². The number of nitrogens with one attached hydrogen (secondary N) is 2. The second-order valence-corrected chi connectivity index (χ2v) is 5.58. The van der Waals surface area contributed by atoms with Gasteiger partial charge in [-0.3, -0.25) is 9.89 Å². The Labute approximate surface area is 114 Å². The zero-order valence-corrected chi connectivity index (χ0v) is 11.6. The molecule has 1 aromatic heterocycles. The molecule has 1 unspecified atom stereocenters. The van der Waals surface area contributed by atoms with E-state index < -0.39 is 0 Å². The van der Waals surface area contributed by atoms with Crippen LogP contribution in [0.15, 0.2) is 6.07 Å². The molecule has 0 radical (unpaired) electrons. The lowest BCUT2D eigenvalue weighted by Gasteiger charge is -2.15. The minimum absolute atomic E-state index is 0.116. The molecule has 1 aromatic rings. The van der Waals surface area contributed by atoms with Crippen LogP contribution in [-0.4, -0.2) is 22.1 Å². The summed E-state index contributed by atoms with van der Waals surface area (Å²) in [7, 11) is 0. The van der Waals surface area contributed by atoms with Gasteiger partial charge in [-0.25, -0.2) is 0 Å². The summed E-state index contributed by atoms with van der Waals surface area (Å²) in [6, 6.07) is 1.91. The van der Waals surface area contributed by atoms with E-state index in [9.17, 15) is 4.79 Å². The fourth-order valence-corrected chi connectivity index (χ4v) is 2.74. The molecular weight excluding hydrogens is 240 g/mol. The summed E-state index contributed by atoms with van der Waals surface area (Å²) in [6.07, 6.45) is 7.74. The van der Waals surface area contributed by atoms with Crippen LogP contribution in [0, 0.1) is 5.92 Å². The highest BCUT2D eigenvalue weighted by Gasteiger charge is 2.17. The van der Waals surface area contributed by atoms with Crippen molar-refractivity contribution in [3.05, 3.63) is 17.5 Å². The number of hydrogen-bond donors (Lipinski definition) is 3. The van der Waals surface area contributed by atoms with Crippen molar-refractivity contribution in [1.29, 1.82) is 0 Å². The van der Waals surface area contributed by atoms with Gasteiger partial charge < -0.3 is 11.1 Å². The van der Waals surface area contributed by atoms with Crippen LogP contribution in [0.25, 0.3) is 0 Å². The van der Waals surface area contributed by atoms with Gasteiger partial charge in [-0.2, -0.15) is 5.10 Å². The van der Waals surface area contributed by atoms with Crippen LogP contribution in [0.3, 0.4) is 0 Å². The van der Waals surface area contributed by atoms with Gasteiger partial charge in [0.2, 0.25) is 0 Å². The van der Waals surface area contributed by atoms with Crippen LogP contribution < -0.4 is 11.1 Å². The number of hydrogen-bond acceptors (Lipinski definition) is 3. The minimum atomic E-state index is -0.116. The Morgan fingerprint density at radius 2 is 2.32 bits per heavy atom. The van der Waals surface area contributed by atoms with Gasteiger partial charge in [0.25, 0.3) is 5.91 Å². The fourth-order valence-electron chi connectivity index (χ4n) is 2.74. The Bertz CT molecular complexity index is 409. The molecule has 1 fully saturated rings. The first-order chi connectivity index (χ1) is 9.19. The predicted octanol–water partition coefficient (Wildman–Crippen LogP) is 1.96. The largest absolute Gasteiger partial charge is 0.348 e. The first kappa shape index (κ1) is 14.1. The Morgan fingerprint density at radius 3 is 2.95 bits per heavy atom. The van der Waals surface area contributed by atoms with Crippen molar-refractivity contribution in [3.8, 4) is 0 Å². The molecule has 0 aromatic carbocycles. The Balaban J connectivity index is 1.74. The molecule has 4 N–H and O–H groups in total. The average molecular weight is 264 g/mol. The van der Waals surface area contributed by atoms with Crippen molar-refractivity contribution in [1.82, 2.24) is 15.5 Å². The van der Waals surface area contributed by atoms with E-state index in [1.807, 2.05) is 0 Å². The fraction of sp³-hybridized carbons (Fsp3) is 0.714. The normalized spacial score (nSPS) is 17.6. The summed E-state index contributed by atoms with van der Waals surface area (Å²) in [5, 5.41) is 9.71. The van der Waals surface area contributed by atoms with Crippen LogP contribution in [-0.2, 0) is 6.54 Å². The molecule has 5 nitrogen and oxygen atoms in total. The smallest absolute Gasteiger partial charge is 0.271 e. The molecule has 0 aliphatic heterocycles. The summed E-state index contributed by atoms with van der Waals surface area (Å²) >= 11 is 0. The van der Waals surface area contributed by atoms with Gasteiger partial charge in [0.1, 0.15) is 5.69 Å². The summed E-state index contributed by atoms with van der Waals surface area (Å²) in [5.41, 5.74) is 6.68. The van der Waals surface area contributed by atoms with Gasteiger partial charge in [-0.1, -0.05) is 25.7 Å². The number of rotatable bonds is 6. The third-order valence-electron chi connectivity index (χ3n) is 3.94. The van der Waals surface area contributed by atoms with Gasteiger partial charge in [-0.15, -0.1) is 0 Å². The number of nitrogens with zero attached hydrogens (tertiary/aromatic N) is 1. The van der Waals surface area contributed by atoms with E-state index in [0.717, 1.165) is 18.0 Å². The predicted molar refractivity (Wildman–Crippen MR) is 74.6 cm³/mol. The van der Waals surface area contributed by atoms with Gasteiger partial charge in [0, 0.05) is 18.3 Å². The molecular formula is C14H24N4O. The highest BCUT2D eigenvalue weighted by Crippen LogP contribution is 2.28. The van der Waals surface area contributed by atoms with Crippen LogP contribution in [0.4, 0.5) is 0 Å². The Morgan fingerprint density at radius 1 is 1.58 bits per heavy atom. The summed E-state index contributed by atoms with van der Waals surface area (Å²) in [6.45, 7) is 2.43. The van der Waals surface area contributed by atoms with E-state index in [0.29, 0.717) is 12.2 Å². The first-order valence-electron chi connectivity index (χ1n) is 7.24. The molecule has 1 atom stereocenters. The second kappa shape index (κ2) is 6.70. The van der Waals surface area contributed by atoms with Crippen molar-refractivity contribution >= 4 is 5.91 Å². The molecule has 1 aliphatic rings. The number of H-pyrrole nitrogens is 1. The van der Waals surface area contributed by atoms with Crippen LogP contribution >= 0.6 is 0 Å². The minimum Gasteiger partial charge on any atom is -0.348 e. The van der Waals surface area contributed by atoms with E-state index in [-0.39, 0.29) is 11.9 Å². The standard InChI is InChI=1S/C14H24N4O/c1-10(6-7-11-4-2-3-5-11)16-14(19)13-8-12(9-15)17-18-13/h8,10-11H,2-7,9,15H2,1H3,(H,16,19)(H,17,18). The SMILES string of the molecule is CC(CCC1CCCC1)NC(=O)c1cc(CN)[nH]n1. The molecule has 0 saturated heterocycles. The maximum Gasteiger partial charge on any atom is 0.271 e. The lowest BCUT2D eigenvalue weighted by molar-refractivity contribution is 0.0932. The van der Waals surface area contributed by atoms with E-state index in [1.54, 1.807) is 6.07 Å². The van der Waals surface area contributed by atoms with E-state index in [4.69, 9.17) is 5.73 Å². The molecule has 0 spiro atoms. The maximum atomic E-state index is 11.9. The molecule has 1 amide bonds. The van der Waals surface area contributed by atoms with Gasteiger partial charge >= 0.3 is 0 Å². The van der Waals surface area contributed by atoms with Crippen LogP contribution in [0.5, 0.6) is 0 Å². The van der Waals surface area contributed by atoms with E-state index in [2.05, 4.69) is 22.4 Å². The number of carbonyl (C=O) groups excluding carboxylic acids is 1. The molecule has 1 saturated carbocycles. The topological polar surface area (TPSA) is 83.8 Å². The number of aromatic amines is 1. The number of carbonyl (C=O) groups is 1. The number of amides is 1. The van der Waals surface area contributed by atoms with Crippen molar-refractivity contribution in [2.24, 2.45) is 11.7 Å². The Kier molecular flexibility index (Phi) is 4.96. The van der Waals surface area contributed by atoms with E-state index >= 15 is 0 Å². The molecule has 2 rings (SSSR count). The highest BCUT2D eigenvalue weighted by molar-refractivity contribution is 5.92. The van der Waals surface area contributed by atoms with Gasteiger partial charge in [0.05, 0.1) is 0 Å². The third kappa shape index (κ3) is 4.06. The quantitative estimate of drug-likeness (QED) is 0.734. The van der Waals surface area contributed by atoms with Crippen LogP contribution in [0.1, 0.15) is 61.6 Å². The summed E-state index contributed by atoms with van der Waals surface area (Å²) in [4.78, 5) is 11.9.